The summed E-state index contributed by atoms with van der Waals surface area (Å²) in [5.41, 5.74) is 1.89. The fourth-order valence-corrected chi connectivity index (χ4v) is 6.07. The number of imidazole rings is 1. The molecule has 2 aromatic carbocycles. The first-order valence-corrected chi connectivity index (χ1v) is 14.3. The molecule has 8 nitrogen and oxygen atoms in total. The largest absolute Gasteiger partial charge is 0.497 e. The van der Waals surface area contributed by atoms with Gasteiger partial charge in [0.1, 0.15) is 5.75 Å². The standard InChI is InChI=1S/C28H35N3O5S/c1-21(2)17-31-24(16-29-28(31)37(33,34)20-22-9-7-12-25(15-22)35-3)18-30(19-26-13-8-14-36-26)27(32)23-10-5-4-6-11-23/h4-7,9-12,15-16,21,26H,8,13-14,17-20H2,1-3H3/t26-/m0/s1. The Labute approximate surface area is 219 Å². The van der Waals surface area contributed by atoms with Gasteiger partial charge >= 0.3 is 0 Å². The number of amides is 1. The lowest BCUT2D eigenvalue weighted by atomic mass is 10.1. The predicted molar refractivity (Wildman–Crippen MR) is 141 cm³/mol. The molecule has 1 aliphatic heterocycles. The maximum absolute atomic E-state index is 13.5. The van der Waals surface area contributed by atoms with E-state index in [2.05, 4.69) is 4.98 Å². The Bertz CT molecular complexity index is 1300. The lowest BCUT2D eigenvalue weighted by molar-refractivity contribution is 0.0501. The fraction of sp³-hybridized carbons (Fsp3) is 0.429. The van der Waals surface area contributed by atoms with Gasteiger partial charge in [-0.25, -0.2) is 13.4 Å². The van der Waals surface area contributed by atoms with E-state index in [1.54, 1.807) is 59.2 Å². The van der Waals surface area contributed by atoms with Gasteiger partial charge in [-0.3, -0.25) is 4.79 Å². The van der Waals surface area contributed by atoms with Crippen molar-refractivity contribution in [2.24, 2.45) is 5.92 Å². The van der Waals surface area contributed by atoms with Crippen LogP contribution in [0.25, 0.3) is 0 Å². The summed E-state index contributed by atoms with van der Waals surface area (Å²) < 4.78 is 39.8. The van der Waals surface area contributed by atoms with E-state index >= 15 is 0 Å². The molecule has 198 valence electrons. The fourth-order valence-electron chi connectivity index (χ4n) is 4.59. The van der Waals surface area contributed by atoms with E-state index in [1.165, 1.54) is 0 Å². The zero-order chi connectivity index (χ0) is 26.4. The second-order valence-corrected chi connectivity index (χ2v) is 11.7. The lowest BCUT2D eigenvalue weighted by Crippen LogP contribution is -2.37. The van der Waals surface area contributed by atoms with E-state index in [0.29, 0.717) is 42.3 Å². The van der Waals surface area contributed by atoms with E-state index in [-0.39, 0.29) is 35.4 Å². The van der Waals surface area contributed by atoms with Crippen molar-refractivity contribution < 1.29 is 22.7 Å². The summed E-state index contributed by atoms with van der Waals surface area (Å²) in [4.78, 5) is 19.6. The van der Waals surface area contributed by atoms with Gasteiger partial charge in [0.2, 0.25) is 15.0 Å². The normalized spacial score (nSPS) is 15.7. The number of benzene rings is 2. The van der Waals surface area contributed by atoms with Crippen LogP contribution in [0.3, 0.4) is 0 Å². The highest BCUT2D eigenvalue weighted by Crippen LogP contribution is 2.23. The van der Waals surface area contributed by atoms with Gasteiger partial charge in [-0.05, 0) is 48.6 Å². The molecule has 9 heteroatoms. The molecule has 4 rings (SSSR count). The van der Waals surface area contributed by atoms with E-state index in [1.807, 2.05) is 32.0 Å². The average molecular weight is 526 g/mol. The lowest BCUT2D eigenvalue weighted by Gasteiger charge is -2.26. The van der Waals surface area contributed by atoms with Crippen molar-refractivity contribution in [2.75, 3.05) is 20.3 Å². The highest BCUT2D eigenvalue weighted by molar-refractivity contribution is 7.90. The molecule has 0 radical (unpaired) electrons. The van der Waals surface area contributed by atoms with Crippen molar-refractivity contribution in [3.63, 3.8) is 0 Å². The van der Waals surface area contributed by atoms with Crippen LogP contribution in [-0.4, -0.2) is 55.1 Å². The van der Waals surface area contributed by atoms with Crippen LogP contribution in [0.15, 0.2) is 66.0 Å². The SMILES string of the molecule is COc1cccc(CS(=O)(=O)c2ncc(CN(C[C@@H]3CCCO3)C(=O)c3ccccc3)n2CC(C)C)c1. The van der Waals surface area contributed by atoms with Crippen molar-refractivity contribution in [3.8, 4) is 5.75 Å². The number of carbonyl (C=O) groups excluding carboxylic acids is 1. The van der Waals surface area contributed by atoms with Crippen LogP contribution in [0.4, 0.5) is 0 Å². The average Bonchev–Trinajstić information content (AvgIpc) is 3.54. The zero-order valence-corrected chi connectivity index (χ0v) is 22.5. The number of carbonyl (C=O) groups is 1. The van der Waals surface area contributed by atoms with E-state index < -0.39 is 9.84 Å². The third-order valence-corrected chi connectivity index (χ3v) is 7.92. The highest BCUT2D eigenvalue weighted by atomic mass is 32.2. The molecule has 0 unspecified atom stereocenters. The second-order valence-electron chi connectivity index (χ2n) is 9.83. The first kappa shape index (κ1) is 26.9. The van der Waals surface area contributed by atoms with Gasteiger partial charge in [0.25, 0.3) is 5.91 Å². The van der Waals surface area contributed by atoms with Gasteiger partial charge in [0.05, 0.1) is 37.4 Å². The number of ether oxygens (including phenoxy) is 2. The Balaban J connectivity index is 1.65. The molecular formula is C28H35N3O5S. The second kappa shape index (κ2) is 11.9. The van der Waals surface area contributed by atoms with Gasteiger partial charge < -0.3 is 18.9 Å². The third-order valence-electron chi connectivity index (χ3n) is 6.33. The molecule has 0 saturated carbocycles. The summed E-state index contributed by atoms with van der Waals surface area (Å²) >= 11 is 0. The van der Waals surface area contributed by atoms with Crippen LogP contribution < -0.4 is 4.74 Å². The van der Waals surface area contributed by atoms with E-state index in [4.69, 9.17) is 9.47 Å². The maximum atomic E-state index is 13.5. The summed E-state index contributed by atoms with van der Waals surface area (Å²) in [5.74, 6) is 0.467. The molecule has 0 aliphatic carbocycles. The minimum atomic E-state index is -3.76. The molecule has 1 amide bonds. The minimum absolute atomic E-state index is 0.0169. The number of rotatable bonds is 11. The summed E-state index contributed by atoms with van der Waals surface area (Å²) in [6, 6.07) is 16.2. The molecule has 37 heavy (non-hydrogen) atoms. The summed E-state index contributed by atoms with van der Waals surface area (Å²) in [6.07, 6.45) is 3.41. The predicted octanol–water partition coefficient (Wildman–Crippen LogP) is 4.34. The Morgan fingerprint density at radius 3 is 2.65 bits per heavy atom. The van der Waals surface area contributed by atoms with Crippen LogP contribution in [0.1, 0.15) is 48.3 Å². The molecule has 0 spiro atoms. The van der Waals surface area contributed by atoms with Crippen molar-refractivity contribution >= 4 is 15.7 Å². The monoisotopic (exact) mass is 525 g/mol. The zero-order valence-electron chi connectivity index (χ0n) is 21.7. The van der Waals surface area contributed by atoms with Crippen molar-refractivity contribution in [2.45, 2.75) is 56.8 Å². The van der Waals surface area contributed by atoms with Crippen LogP contribution in [0, 0.1) is 5.92 Å². The number of hydrogen-bond donors (Lipinski definition) is 0. The first-order valence-electron chi connectivity index (χ1n) is 12.6. The minimum Gasteiger partial charge on any atom is -0.497 e. The van der Waals surface area contributed by atoms with Crippen molar-refractivity contribution in [3.05, 3.63) is 77.6 Å². The Hall–Kier alpha value is -3.17. The first-order chi connectivity index (χ1) is 17.8. The topological polar surface area (TPSA) is 90.7 Å². The molecule has 3 aromatic rings. The Morgan fingerprint density at radius 2 is 1.97 bits per heavy atom. The Morgan fingerprint density at radius 1 is 1.19 bits per heavy atom. The molecule has 1 aromatic heterocycles. The molecule has 0 N–H and O–H groups in total. The van der Waals surface area contributed by atoms with Crippen molar-refractivity contribution in [1.82, 2.24) is 14.5 Å². The third kappa shape index (κ3) is 6.78. The summed E-state index contributed by atoms with van der Waals surface area (Å²) in [7, 11) is -2.21. The summed E-state index contributed by atoms with van der Waals surface area (Å²) in [5, 5.41) is 0.0169. The summed E-state index contributed by atoms with van der Waals surface area (Å²) in [6.45, 7) is 5.89. The van der Waals surface area contributed by atoms with Gasteiger partial charge in [0.15, 0.2) is 0 Å². The van der Waals surface area contributed by atoms with Crippen LogP contribution in [0.5, 0.6) is 5.75 Å². The van der Waals surface area contributed by atoms with Crippen LogP contribution in [0.2, 0.25) is 0 Å². The van der Waals surface area contributed by atoms with Gasteiger partial charge in [-0.1, -0.05) is 44.2 Å². The maximum Gasteiger partial charge on any atom is 0.254 e. The molecule has 0 bridgehead atoms. The van der Waals surface area contributed by atoms with Gasteiger partial charge in [-0.15, -0.1) is 0 Å². The number of nitrogens with zero attached hydrogens (tertiary/aromatic N) is 3. The van der Waals surface area contributed by atoms with Crippen LogP contribution in [-0.2, 0) is 33.4 Å². The number of aromatic nitrogens is 2. The van der Waals surface area contributed by atoms with Gasteiger partial charge in [-0.2, -0.15) is 0 Å². The van der Waals surface area contributed by atoms with Crippen LogP contribution >= 0.6 is 0 Å². The molecule has 1 saturated heterocycles. The molecule has 1 fully saturated rings. The van der Waals surface area contributed by atoms with E-state index in [9.17, 15) is 13.2 Å². The molecule has 2 heterocycles. The quantitative estimate of drug-likeness (QED) is 0.370. The molecule has 1 aliphatic rings. The van der Waals surface area contributed by atoms with Crippen molar-refractivity contribution in [1.29, 1.82) is 0 Å². The number of methoxy groups -OCH3 is 1. The number of sulfone groups is 1. The van der Waals surface area contributed by atoms with E-state index in [0.717, 1.165) is 12.8 Å². The number of hydrogen-bond acceptors (Lipinski definition) is 6. The highest BCUT2D eigenvalue weighted by Gasteiger charge is 2.28. The molecule has 1 atom stereocenters. The van der Waals surface area contributed by atoms with Gasteiger partial charge in [0, 0.05) is 25.3 Å². The Kier molecular flexibility index (Phi) is 8.66. The molecular weight excluding hydrogens is 490 g/mol. The smallest absolute Gasteiger partial charge is 0.254 e.